The second kappa shape index (κ2) is 5.16. The van der Waals surface area contributed by atoms with Gasteiger partial charge in [-0.3, -0.25) is 0 Å². The van der Waals surface area contributed by atoms with Crippen LogP contribution in [0.25, 0.3) is 10.8 Å². The summed E-state index contributed by atoms with van der Waals surface area (Å²) in [5.74, 6) is 0.545. The molecule has 114 valence electrons. The third kappa shape index (κ3) is 2.71. The van der Waals surface area contributed by atoms with Crippen molar-refractivity contribution in [2.75, 3.05) is 0 Å². The lowest BCUT2D eigenvalue weighted by atomic mass is 9.90. The van der Waals surface area contributed by atoms with Crippen LogP contribution in [0.3, 0.4) is 0 Å². The van der Waals surface area contributed by atoms with Crippen molar-refractivity contribution in [2.24, 2.45) is 0 Å². The van der Waals surface area contributed by atoms with Gasteiger partial charge in [0.25, 0.3) is 5.95 Å². The van der Waals surface area contributed by atoms with Crippen LogP contribution in [0.1, 0.15) is 27.7 Å². The average Bonchev–Trinajstić information content (AvgIpc) is 2.66. The molecule has 3 nitrogen and oxygen atoms in total. The van der Waals surface area contributed by atoms with Gasteiger partial charge >= 0.3 is 0 Å². The second-order valence-electron chi connectivity index (χ2n) is 6.58. The van der Waals surface area contributed by atoms with Crippen molar-refractivity contribution < 1.29 is 14.5 Å². The molecule has 0 unspecified atom stereocenters. The van der Waals surface area contributed by atoms with E-state index in [0.29, 0.717) is 5.95 Å². The van der Waals surface area contributed by atoms with E-state index in [2.05, 4.69) is 35.3 Å². The summed E-state index contributed by atoms with van der Waals surface area (Å²) in [7, 11) is 0. The summed E-state index contributed by atoms with van der Waals surface area (Å²) < 4.78 is 11.7. The Hall–Kier alpha value is -2.29. The van der Waals surface area contributed by atoms with Gasteiger partial charge < -0.3 is 9.47 Å². The lowest BCUT2D eigenvalue weighted by Gasteiger charge is -2.28. The molecule has 0 aliphatic carbocycles. The Balaban J connectivity index is 1.78. The van der Waals surface area contributed by atoms with Crippen LogP contribution in [0.5, 0.6) is 0 Å². The number of rotatable bonds is 2. The Labute approximate surface area is 131 Å². The second-order valence-corrected chi connectivity index (χ2v) is 6.58. The van der Waals surface area contributed by atoms with E-state index >= 15 is 0 Å². The molecule has 1 fully saturated rings. The van der Waals surface area contributed by atoms with E-state index in [9.17, 15) is 0 Å². The lowest BCUT2D eigenvalue weighted by molar-refractivity contribution is -0.346. The molecule has 22 heavy (non-hydrogen) atoms. The van der Waals surface area contributed by atoms with Gasteiger partial charge in [-0.1, -0.05) is 24.3 Å². The molecule has 1 aliphatic heterocycles. The standard InChI is InChI=1S/C19H21NO2/c1-18(2)19(3,4)22-17(21-18)11-12-20-16-10-9-14-7-5-6-8-15(14)13-16/h5-13H,1-4H3/p+1. The van der Waals surface area contributed by atoms with Crippen LogP contribution >= 0.6 is 0 Å². The van der Waals surface area contributed by atoms with Crippen molar-refractivity contribution >= 4 is 22.7 Å². The predicted octanol–water partition coefficient (Wildman–Crippen LogP) is 3.07. The summed E-state index contributed by atoms with van der Waals surface area (Å²) in [6.45, 7) is 8.13. The highest BCUT2D eigenvalue weighted by Crippen LogP contribution is 2.39. The van der Waals surface area contributed by atoms with Crippen molar-refractivity contribution in [1.29, 1.82) is 0 Å². The molecule has 0 atom stereocenters. The molecule has 2 aromatic carbocycles. The number of hydrogen-bond acceptors (Lipinski definition) is 2. The number of hydrogen-bond donors (Lipinski definition) is 1. The largest absolute Gasteiger partial charge is 0.455 e. The van der Waals surface area contributed by atoms with Crippen molar-refractivity contribution in [2.45, 2.75) is 38.9 Å². The fraction of sp³-hybridized carbons (Fsp3) is 0.316. The van der Waals surface area contributed by atoms with Crippen LogP contribution < -0.4 is 4.99 Å². The zero-order chi connectivity index (χ0) is 15.8. The van der Waals surface area contributed by atoms with Crippen molar-refractivity contribution in [3.63, 3.8) is 0 Å². The summed E-state index contributed by atoms with van der Waals surface area (Å²) in [6.07, 6.45) is 3.67. The lowest BCUT2D eigenvalue weighted by Crippen LogP contribution is -2.61. The Morgan fingerprint density at radius 2 is 1.50 bits per heavy atom. The molecule has 0 radical (unpaired) electrons. The molecule has 2 aromatic rings. The topological polar surface area (TPSA) is 32.4 Å². The molecule has 1 saturated heterocycles. The van der Waals surface area contributed by atoms with Crippen LogP contribution in [-0.4, -0.2) is 17.4 Å². The zero-order valence-corrected chi connectivity index (χ0v) is 13.5. The number of allylic oxidation sites excluding steroid dienone is 1. The first-order valence-electron chi connectivity index (χ1n) is 7.54. The third-order valence-electron chi connectivity index (χ3n) is 4.38. The highest BCUT2D eigenvalue weighted by molar-refractivity contribution is 5.84. The van der Waals surface area contributed by atoms with E-state index in [4.69, 9.17) is 9.47 Å². The number of fused-ring (bicyclic) bond motifs is 1. The minimum atomic E-state index is -0.338. The molecular formula is C19H22NO2+. The molecule has 1 aliphatic rings. The Bertz CT molecular complexity index is 739. The molecule has 0 amide bonds. The van der Waals surface area contributed by atoms with Crippen LogP contribution in [0, 0.1) is 0 Å². The molecule has 0 saturated carbocycles. The normalized spacial score (nSPS) is 19.2. The number of ether oxygens (including phenoxy) is 2. The van der Waals surface area contributed by atoms with Crippen molar-refractivity contribution in [3.8, 4) is 0 Å². The van der Waals surface area contributed by atoms with Gasteiger partial charge in [-0.05, 0) is 44.5 Å². The SMILES string of the molecule is CC1(C)OC(=CC=[NH+]c2ccc3ccccc3c2)OC1(C)C. The highest BCUT2D eigenvalue weighted by Gasteiger charge is 2.48. The summed E-state index contributed by atoms with van der Waals surface area (Å²) in [4.78, 5) is 3.26. The van der Waals surface area contributed by atoms with Crippen molar-refractivity contribution in [1.82, 2.24) is 0 Å². The van der Waals surface area contributed by atoms with E-state index in [1.54, 1.807) is 0 Å². The van der Waals surface area contributed by atoms with E-state index < -0.39 is 0 Å². The van der Waals surface area contributed by atoms with Crippen LogP contribution in [-0.2, 0) is 9.47 Å². The predicted molar refractivity (Wildman–Crippen MR) is 89.0 cm³/mol. The van der Waals surface area contributed by atoms with E-state index in [-0.39, 0.29) is 11.2 Å². The Morgan fingerprint density at radius 1 is 0.864 bits per heavy atom. The van der Waals surface area contributed by atoms with Gasteiger partial charge in [0.05, 0.1) is 6.08 Å². The number of benzene rings is 2. The minimum absolute atomic E-state index is 0.338. The molecule has 3 rings (SSSR count). The average molecular weight is 296 g/mol. The van der Waals surface area contributed by atoms with Gasteiger partial charge in [-0.15, -0.1) is 0 Å². The maximum Gasteiger partial charge on any atom is 0.286 e. The zero-order valence-electron chi connectivity index (χ0n) is 13.5. The van der Waals surface area contributed by atoms with Crippen LogP contribution in [0.15, 0.2) is 54.5 Å². The Morgan fingerprint density at radius 3 is 2.18 bits per heavy atom. The van der Waals surface area contributed by atoms with Gasteiger partial charge in [0.2, 0.25) is 5.69 Å². The molecule has 1 heterocycles. The first-order valence-corrected chi connectivity index (χ1v) is 7.54. The summed E-state index contributed by atoms with van der Waals surface area (Å²) >= 11 is 0. The quantitative estimate of drug-likeness (QED) is 0.864. The van der Waals surface area contributed by atoms with Gasteiger partial charge in [0.15, 0.2) is 6.21 Å². The molecule has 0 bridgehead atoms. The maximum absolute atomic E-state index is 5.84. The summed E-state index contributed by atoms with van der Waals surface area (Å²) in [6, 6.07) is 14.6. The Kier molecular flexibility index (Phi) is 3.44. The first kappa shape index (κ1) is 14.6. The molecule has 1 N–H and O–H groups in total. The van der Waals surface area contributed by atoms with Gasteiger partial charge in [0, 0.05) is 12.1 Å². The van der Waals surface area contributed by atoms with Gasteiger partial charge in [0.1, 0.15) is 11.2 Å². The molecule has 0 aromatic heterocycles. The monoisotopic (exact) mass is 296 g/mol. The number of nitrogens with one attached hydrogen (secondary N) is 1. The van der Waals surface area contributed by atoms with Gasteiger partial charge in [-0.25, -0.2) is 4.99 Å². The van der Waals surface area contributed by atoms with Gasteiger partial charge in [-0.2, -0.15) is 0 Å². The smallest absolute Gasteiger partial charge is 0.286 e. The maximum atomic E-state index is 5.84. The molecule has 3 heteroatoms. The van der Waals surface area contributed by atoms with E-state index in [1.807, 2.05) is 52.1 Å². The summed E-state index contributed by atoms with van der Waals surface area (Å²) in [5.41, 5.74) is 0.359. The van der Waals surface area contributed by atoms with Crippen LogP contribution in [0.4, 0.5) is 5.69 Å². The highest BCUT2D eigenvalue weighted by atomic mass is 16.7. The first-order chi connectivity index (χ1) is 10.4. The van der Waals surface area contributed by atoms with Crippen molar-refractivity contribution in [3.05, 3.63) is 54.5 Å². The van der Waals surface area contributed by atoms with E-state index in [0.717, 1.165) is 5.69 Å². The third-order valence-corrected chi connectivity index (χ3v) is 4.38. The fourth-order valence-corrected chi connectivity index (χ4v) is 2.32. The molecule has 0 spiro atoms. The fourth-order valence-electron chi connectivity index (χ4n) is 2.32. The van der Waals surface area contributed by atoms with Crippen LogP contribution in [0.2, 0.25) is 0 Å². The minimum Gasteiger partial charge on any atom is -0.455 e. The van der Waals surface area contributed by atoms with E-state index in [1.165, 1.54) is 10.8 Å². The molecular weight excluding hydrogens is 274 g/mol. The summed E-state index contributed by atoms with van der Waals surface area (Å²) in [5, 5.41) is 2.45.